The summed E-state index contributed by atoms with van der Waals surface area (Å²) in [6.45, 7) is 7.89. The number of nitrogens with one attached hydrogen (secondary N) is 1. The molecule has 0 bridgehead atoms. The van der Waals surface area contributed by atoms with Crippen molar-refractivity contribution >= 4 is 0 Å². The Bertz CT molecular complexity index is 455. The Balaban J connectivity index is 1.72. The second-order valence-corrected chi connectivity index (χ2v) is 6.71. The van der Waals surface area contributed by atoms with E-state index in [1.165, 1.54) is 24.8 Å². The van der Waals surface area contributed by atoms with Gasteiger partial charge in [0, 0.05) is 31.2 Å². The third kappa shape index (κ3) is 2.84. The minimum atomic E-state index is 0.294. The molecule has 1 saturated heterocycles. The summed E-state index contributed by atoms with van der Waals surface area (Å²) in [7, 11) is 0. The highest BCUT2D eigenvalue weighted by Gasteiger charge is 2.45. The molecule has 2 unspecified atom stereocenters. The molecule has 0 amide bonds. The average molecular weight is 274 g/mol. The number of hydrogen-bond donors (Lipinski definition) is 2. The quantitative estimate of drug-likeness (QED) is 0.886. The lowest BCUT2D eigenvalue weighted by Crippen LogP contribution is -2.63. The molecule has 20 heavy (non-hydrogen) atoms. The van der Waals surface area contributed by atoms with E-state index in [9.17, 15) is 5.11 Å². The monoisotopic (exact) mass is 274 g/mol. The zero-order chi connectivity index (χ0) is 14.2. The van der Waals surface area contributed by atoms with E-state index in [0.29, 0.717) is 17.3 Å². The van der Waals surface area contributed by atoms with Crippen LogP contribution in [0.4, 0.5) is 0 Å². The first-order valence-corrected chi connectivity index (χ1v) is 7.88. The van der Waals surface area contributed by atoms with Crippen LogP contribution < -0.4 is 5.32 Å². The number of hydrogen-bond acceptors (Lipinski definition) is 3. The van der Waals surface area contributed by atoms with Gasteiger partial charge in [-0.2, -0.15) is 0 Å². The van der Waals surface area contributed by atoms with Crippen LogP contribution in [0, 0.1) is 5.92 Å². The predicted molar refractivity (Wildman–Crippen MR) is 81.7 cm³/mol. The molecule has 1 heterocycles. The van der Waals surface area contributed by atoms with E-state index in [1.54, 1.807) is 12.1 Å². The van der Waals surface area contributed by atoms with Crippen molar-refractivity contribution < 1.29 is 5.11 Å². The first-order valence-electron chi connectivity index (χ1n) is 7.88. The minimum absolute atomic E-state index is 0.294. The van der Waals surface area contributed by atoms with Gasteiger partial charge in [-0.15, -0.1) is 0 Å². The highest BCUT2D eigenvalue weighted by atomic mass is 16.3. The minimum Gasteiger partial charge on any atom is -0.508 e. The van der Waals surface area contributed by atoms with Crippen molar-refractivity contribution in [2.75, 3.05) is 13.1 Å². The summed E-state index contributed by atoms with van der Waals surface area (Å²) in [6.07, 6.45) is 3.95. The molecule has 2 fully saturated rings. The molecule has 1 aromatic carbocycles. The molecular formula is C17H26N2O. The molecule has 0 spiro atoms. The van der Waals surface area contributed by atoms with Gasteiger partial charge in [-0.25, -0.2) is 0 Å². The number of benzene rings is 1. The maximum Gasteiger partial charge on any atom is 0.115 e. The van der Waals surface area contributed by atoms with Gasteiger partial charge in [0.2, 0.25) is 0 Å². The van der Waals surface area contributed by atoms with Crippen LogP contribution in [0.5, 0.6) is 5.75 Å². The van der Waals surface area contributed by atoms with Crippen molar-refractivity contribution in [1.29, 1.82) is 0 Å². The van der Waals surface area contributed by atoms with Crippen LogP contribution in [-0.4, -0.2) is 34.7 Å². The van der Waals surface area contributed by atoms with Gasteiger partial charge in [0.1, 0.15) is 5.75 Å². The van der Waals surface area contributed by atoms with Gasteiger partial charge in [-0.1, -0.05) is 19.1 Å². The molecule has 2 N–H and O–H groups in total. The maximum atomic E-state index is 9.40. The number of rotatable bonds is 4. The average Bonchev–Trinajstić information content (AvgIpc) is 3.27. The third-order valence-electron chi connectivity index (χ3n) is 5.06. The Labute approximate surface area is 122 Å². The van der Waals surface area contributed by atoms with Gasteiger partial charge in [0.25, 0.3) is 0 Å². The van der Waals surface area contributed by atoms with Crippen molar-refractivity contribution in [2.45, 2.75) is 51.2 Å². The second kappa shape index (κ2) is 5.38. The molecule has 1 aliphatic carbocycles. The van der Waals surface area contributed by atoms with Crippen molar-refractivity contribution in [3.8, 4) is 5.75 Å². The van der Waals surface area contributed by atoms with Crippen molar-refractivity contribution in [3.63, 3.8) is 0 Å². The lowest BCUT2D eigenvalue weighted by atomic mass is 9.90. The van der Waals surface area contributed by atoms with E-state index in [2.05, 4.69) is 24.1 Å². The summed E-state index contributed by atoms with van der Waals surface area (Å²) in [5.74, 6) is 1.21. The molecule has 2 atom stereocenters. The Hall–Kier alpha value is -1.06. The Kier molecular flexibility index (Phi) is 3.74. The summed E-state index contributed by atoms with van der Waals surface area (Å²) in [5.41, 5.74) is 1.59. The standard InChI is InChI=1S/C17H26N2O/c1-3-15-10-18-17(2,14-6-7-14)12-19(15)11-13-4-8-16(20)9-5-13/h4-5,8-9,14-15,18,20H,3,6-7,10-12H2,1-2H3. The zero-order valence-corrected chi connectivity index (χ0v) is 12.6. The van der Waals surface area contributed by atoms with Crippen LogP contribution >= 0.6 is 0 Å². The Morgan fingerprint density at radius 3 is 2.60 bits per heavy atom. The first-order chi connectivity index (χ1) is 9.60. The molecule has 2 aliphatic rings. The van der Waals surface area contributed by atoms with Gasteiger partial charge in [-0.05, 0) is 49.8 Å². The second-order valence-electron chi connectivity index (χ2n) is 6.71. The van der Waals surface area contributed by atoms with E-state index < -0.39 is 0 Å². The molecule has 3 heteroatoms. The predicted octanol–water partition coefficient (Wildman–Crippen LogP) is 2.74. The van der Waals surface area contributed by atoms with Crippen LogP contribution in [0.15, 0.2) is 24.3 Å². The third-order valence-corrected chi connectivity index (χ3v) is 5.06. The normalized spacial score (nSPS) is 31.4. The molecule has 0 aromatic heterocycles. The van der Waals surface area contributed by atoms with E-state index in [0.717, 1.165) is 25.6 Å². The summed E-state index contributed by atoms with van der Waals surface area (Å²) in [6, 6.07) is 8.28. The van der Waals surface area contributed by atoms with E-state index in [4.69, 9.17) is 0 Å². The Morgan fingerprint density at radius 1 is 1.30 bits per heavy atom. The topological polar surface area (TPSA) is 35.5 Å². The molecule has 1 aromatic rings. The van der Waals surface area contributed by atoms with Gasteiger partial charge in [-0.3, -0.25) is 4.90 Å². The summed E-state index contributed by atoms with van der Waals surface area (Å²) < 4.78 is 0. The molecule has 1 aliphatic heterocycles. The fraction of sp³-hybridized carbons (Fsp3) is 0.647. The van der Waals surface area contributed by atoms with Crippen LogP contribution in [0.25, 0.3) is 0 Å². The Morgan fingerprint density at radius 2 is 2.00 bits per heavy atom. The van der Waals surface area contributed by atoms with Gasteiger partial charge in [0.15, 0.2) is 0 Å². The molecular weight excluding hydrogens is 248 g/mol. The summed E-state index contributed by atoms with van der Waals surface area (Å²) >= 11 is 0. The number of phenolic OH excluding ortho intramolecular Hbond substituents is 1. The fourth-order valence-electron chi connectivity index (χ4n) is 3.50. The lowest BCUT2D eigenvalue weighted by Gasteiger charge is -2.46. The van der Waals surface area contributed by atoms with Crippen LogP contribution in [0.1, 0.15) is 38.7 Å². The van der Waals surface area contributed by atoms with Crippen LogP contribution in [0.3, 0.4) is 0 Å². The highest BCUT2D eigenvalue weighted by molar-refractivity contribution is 5.26. The zero-order valence-electron chi connectivity index (χ0n) is 12.6. The lowest BCUT2D eigenvalue weighted by molar-refractivity contribution is 0.0666. The van der Waals surface area contributed by atoms with Gasteiger partial charge in [0.05, 0.1) is 0 Å². The number of piperazine rings is 1. The molecule has 0 radical (unpaired) electrons. The maximum absolute atomic E-state index is 9.40. The van der Waals surface area contributed by atoms with Crippen molar-refractivity contribution in [3.05, 3.63) is 29.8 Å². The van der Waals surface area contributed by atoms with E-state index in [1.807, 2.05) is 12.1 Å². The highest BCUT2D eigenvalue weighted by Crippen LogP contribution is 2.41. The van der Waals surface area contributed by atoms with Crippen molar-refractivity contribution in [2.24, 2.45) is 5.92 Å². The number of phenols is 1. The largest absolute Gasteiger partial charge is 0.508 e. The van der Waals surface area contributed by atoms with Crippen molar-refractivity contribution in [1.82, 2.24) is 10.2 Å². The summed E-state index contributed by atoms with van der Waals surface area (Å²) in [5, 5.41) is 13.2. The molecule has 3 rings (SSSR count). The smallest absolute Gasteiger partial charge is 0.115 e. The number of nitrogens with zero attached hydrogens (tertiary/aromatic N) is 1. The van der Waals surface area contributed by atoms with E-state index in [-0.39, 0.29) is 0 Å². The first kappa shape index (κ1) is 13.9. The number of aromatic hydroxyl groups is 1. The molecule has 110 valence electrons. The molecule has 1 saturated carbocycles. The molecule has 3 nitrogen and oxygen atoms in total. The van der Waals surface area contributed by atoms with E-state index >= 15 is 0 Å². The SMILES string of the molecule is CCC1CNC(C)(C2CC2)CN1Cc1ccc(O)cc1. The fourth-order valence-corrected chi connectivity index (χ4v) is 3.50. The van der Waals surface area contributed by atoms with Crippen LogP contribution in [-0.2, 0) is 6.54 Å². The van der Waals surface area contributed by atoms with Crippen LogP contribution in [0.2, 0.25) is 0 Å². The van der Waals surface area contributed by atoms with Gasteiger partial charge >= 0.3 is 0 Å². The summed E-state index contributed by atoms with van der Waals surface area (Å²) in [4.78, 5) is 2.63. The van der Waals surface area contributed by atoms with Gasteiger partial charge < -0.3 is 10.4 Å².